The Balaban J connectivity index is 1.000. The maximum atomic E-state index is 2.40. The van der Waals surface area contributed by atoms with Crippen molar-refractivity contribution in [3.05, 3.63) is 218 Å². The van der Waals surface area contributed by atoms with Crippen LogP contribution < -0.4 is 0 Å². The first-order valence-corrected chi connectivity index (χ1v) is 26.3. The number of hydrogen-bond acceptors (Lipinski definition) is 2. The number of benzene rings is 12. The van der Waals surface area contributed by atoms with E-state index in [0.717, 1.165) is 0 Å². The van der Waals surface area contributed by atoms with Crippen molar-refractivity contribution in [1.29, 1.82) is 0 Å². The van der Waals surface area contributed by atoms with E-state index in [0.29, 0.717) is 0 Å². The molecule has 0 spiro atoms. The monoisotopic (exact) mass is 948 g/mol. The Bertz CT molecular complexity index is 4470. The van der Waals surface area contributed by atoms with Crippen LogP contribution in [0.25, 0.3) is 147 Å². The summed E-state index contributed by atoms with van der Waals surface area (Å²) in [4.78, 5) is 0. The summed E-state index contributed by atoms with van der Waals surface area (Å²) in [5.74, 6) is 0. The number of fused-ring (bicyclic) bond motifs is 13. The fraction of sp³-hybridized carbons (Fsp3) is 0. The Hall–Kier alpha value is -7.36. The molecular formula is C64H36S2Se. The average Bonchev–Trinajstić information content (AvgIpc) is 4.09. The van der Waals surface area contributed by atoms with Crippen LogP contribution in [0.4, 0.5) is 0 Å². The third-order valence-corrected chi connectivity index (χ3v) is 19.2. The molecule has 310 valence electrons. The van der Waals surface area contributed by atoms with Crippen LogP contribution in [-0.2, 0) is 0 Å². The first kappa shape index (κ1) is 37.8. The fourth-order valence-electron chi connectivity index (χ4n) is 11.6. The van der Waals surface area contributed by atoms with Crippen molar-refractivity contribution in [3.63, 3.8) is 0 Å². The van der Waals surface area contributed by atoms with Crippen LogP contribution in [0.3, 0.4) is 0 Å². The van der Waals surface area contributed by atoms with Crippen molar-refractivity contribution in [2.24, 2.45) is 0 Å². The van der Waals surface area contributed by atoms with Gasteiger partial charge < -0.3 is 0 Å². The maximum absolute atomic E-state index is 2.40. The molecule has 0 radical (unpaired) electrons. The third-order valence-electron chi connectivity index (χ3n) is 14.3. The summed E-state index contributed by atoms with van der Waals surface area (Å²) in [5.41, 5.74) is 10.6. The number of thiophene rings is 2. The molecule has 3 aromatic heterocycles. The molecule has 0 fully saturated rings. The van der Waals surface area contributed by atoms with Crippen molar-refractivity contribution in [2.75, 3.05) is 0 Å². The molecule has 15 aromatic rings. The topological polar surface area (TPSA) is 0 Å². The van der Waals surface area contributed by atoms with Gasteiger partial charge in [0.2, 0.25) is 0 Å². The summed E-state index contributed by atoms with van der Waals surface area (Å²) in [5, 5.41) is 18.4. The Morgan fingerprint density at radius 1 is 0.239 bits per heavy atom. The summed E-state index contributed by atoms with van der Waals surface area (Å²) in [7, 11) is 0. The van der Waals surface area contributed by atoms with Crippen LogP contribution in [0.5, 0.6) is 0 Å². The Morgan fingerprint density at radius 3 is 1.00 bits per heavy atom. The zero-order valence-electron chi connectivity index (χ0n) is 36.0. The van der Waals surface area contributed by atoms with Crippen LogP contribution in [0.2, 0.25) is 0 Å². The minimum atomic E-state index is 0.0865. The summed E-state index contributed by atoms with van der Waals surface area (Å²) < 4.78 is 8.27. The Morgan fingerprint density at radius 2 is 0.552 bits per heavy atom. The summed E-state index contributed by atoms with van der Waals surface area (Å²) >= 11 is 3.91. The van der Waals surface area contributed by atoms with Gasteiger partial charge in [-0.1, -0.05) is 12.1 Å². The van der Waals surface area contributed by atoms with Crippen LogP contribution in [0, 0.1) is 0 Å². The van der Waals surface area contributed by atoms with E-state index >= 15 is 0 Å². The van der Waals surface area contributed by atoms with Crippen molar-refractivity contribution < 1.29 is 0 Å². The quantitative estimate of drug-likeness (QED) is 0.122. The molecule has 0 amide bonds. The molecule has 0 N–H and O–H groups in total. The molecule has 0 aliphatic rings. The summed E-state index contributed by atoms with van der Waals surface area (Å²) in [6, 6.07) is 82.4. The van der Waals surface area contributed by atoms with Crippen molar-refractivity contribution in [3.8, 4) is 44.5 Å². The van der Waals surface area contributed by atoms with E-state index in [2.05, 4.69) is 218 Å². The predicted octanol–water partition coefficient (Wildman–Crippen LogP) is 19.1. The van der Waals surface area contributed by atoms with E-state index in [1.165, 1.54) is 147 Å². The molecule has 67 heavy (non-hydrogen) atoms. The Kier molecular flexibility index (Phi) is 8.22. The normalized spacial score (nSPS) is 12.2. The van der Waals surface area contributed by atoms with Gasteiger partial charge >= 0.3 is 391 Å². The van der Waals surface area contributed by atoms with Gasteiger partial charge in [-0.25, -0.2) is 0 Å². The first-order chi connectivity index (χ1) is 33.3. The first-order valence-electron chi connectivity index (χ1n) is 22.9. The van der Waals surface area contributed by atoms with Crippen LogP contribution in [-0.4, -0.2) is 14.5 Å². The van der Waals surface area contributed by atoms with Crippen molar-refractivity contribution >= 4 is 140 Å². The summed E-state index contributed by atoms with van der Waals surface area (Å²) in [6.07, 6.45) is 0. The van der Waals surface area contributed by atoms with Gasteiger partial charge in [-0.3, -0.25) is 0 Å². The zero-order valence-corrected chi connectivity index (χ0v) is 39.4. The fourth-order valence-corrected chi connectivity index (χ4v) is 16.6. The molecule has 0 aliphatic carbocycles. The van der Waals surface area contributed by atoms with E-state index in [4.69, 9.17) is 0 Å². The van der Waals surface area contributed by atoms with Crippen LogP contribution in [0.15, 0.2) is 218 Å². The van der Waals surface area contributed by atoms with Gasteiger partial charge in [-0.2, -0.15) is 0 Å². The van der Waals surface area contributed by atoms with E-state index in [1.807, 2.05) is 22.7 Å². The summed E-state index contributed by atoms with van der Waals surface area (Å²) in [6.45, 7) is 0. The van der Waals surface area contributed by atoms with Crippen molar-refractivity contribution in [2.45, 2.75) is 0 Å². The molecule has 0 atom stereocenters. The Labute approximate surface area is 400 Å². The predicted molar refractivity (Wildman–Crippen MR) is 296 cm³/mol. The molecule has 0 saturated carbocycles. The molecule has 12 aromatic carbocycles. The van der Waals surface area contributed by atoms with Crippen LogP contribution >= 0.6 is 22.7 Å². The van der Waals surface area contributed by atoms with E-state index < -0.39 is 0 Å². The third kappa shape index (κ3) is 5.40. The second-order valence-corrected chi connectivity index (χ2v) is 22.0. The number of rotatable bonds is 4. The molecule has 0 saturated heterocycles. The second-order valence-electron chi connectivity index (χ2n) is 17.7. The minimum absolute atomic E-state index is 0.0865. The van der Waals surface area contributed by atoms with Gasteiger partial charge in [0.15, 0.2) is 0 Å². The molecule has 0 aliphatic heterocycles. The van der Waals surface area contributed by atoms with Crippen molar-refractivity contribution in [1.82, 2.24) is 0 Å². The molecule has 0 nitrogen and oxygen atoms in total. The van der Waals surface area contributed by atoms with Gasteiger partial charge in [0, 0.05) is 0 Å². The van der Waals surface area contributed by atoms with Gasteiger partial charge in [0.25, 0.3) is 0 Å². The second kappa shape index (κ2) is 14.6. The molecular weight excluding hydrogens is 912 g/mol. The van der Waals surface area contributed by atoms with E-state index in [1.54, 1.807) is 0 Å². The van der Waals surface area contributed by atoms with Gasteiger partial charge in [-0.15, -0.1) is 0 Å². The zero-order chi connectivity index (χ0) is 43.7. The number of hydrogen-bond donors (Lipinski definition) is 0. The molecule has 3 heterocycles. The van der Waals surface area contributed by atoms with Gasteiger partial charge in [0.1, 0.15) is 0 Å². The standard InChI is InChI=1S/C64H36S2Se/c1-3-21-41-39(19-1)57(40-20-2-4-22-42(40)58(41)50-30-13-27-47-37-17-9-11-34-54(37)65-62(47)50)49-29-16-36-56-61(49)53-33-15-32-52(64(53)67-56)60-45-25-7-5-23-43(45)59(44-24-6-8-26-46(44)60)51-31-14-28-48-38-18-10-12-35-55(38)66-63(48)51/h1-36H. The molecule has 15 rings (SSSR count). The van der Waals surface area contributed by atoms with E-state index in [-0.39, 0.29) is 14.5 Å². The van der Waals surface area contributed by atoms with Gasteiger partial charge in [0.05, 0.1) is 0 Å². The molecule has 0 bridgehead atoms. The molecule has 0 unspecified atom stereocenters. The molecule has 3 heteroatoms. The van der Waals surface area contributed by atoms with Crippen LogP contribution in [0.1, 0.15) is 0 Å². The SMILES string of the molecule is c1ccc2c(c1)sc1c(-c3c4ccccc4c(-c4cccc5c4[se]c4cccc(-c6c7ccccc7c(-c7cccc8c7sc7ccccc78)c7ccccc67)c45)c4ccccc34)cccc12. The van der Waals surface area contributed by atoms with Gasteiger partial charge in [-0.05, 0) is 0 Å². The average molecular weight is 948 g/mol. The van der Waals surface area contributed by atoms with E-state index in [9.17, 15) is 0 Å².